The molecule has 0 spiro atoms. The van der Waals surface area contributed by atoms with Crippen molar-refractivity contribution in [3.63, 3.8) is 0 Å². The lowest BCUT2D eigenvalue weighted by Gasteiger charge is -2.36. The minimum atomic E-state index is -4.71. The Bertz CT molecular complexity index is 2540. The number of rotatable bonds is 13. The zero-order valence-electron chi connectivity index (χ0n) is 32.1. The van der Waals surface area contributed by atoms with Gasteiger partial charge in [0.2, 0.25) is 0 Å². The zero-order valence-corrected chi connectivity index (χ0v) is 33.7. The molecule has 2 N–H and O–H groups in total. The van der Waals surface area contributed by atoms with E-state index in [-0.39, 0.29) is 35.5 Å². The molecule has 5 aromatic rings. The second-order valence-corrected chi connectivity index (χ2v) is 16.1. The molecule has 0 unspecified atom stereocenters. The average Bonchev–Trinajstić information content (AvgIpc) is 3.24. The first-order valence-electron chi connectivity index (χ1n) is 18.6. The van der Waals surface area contributed by atoms with Crippen LogP contribution in [-0.2, 0) is 16.2 Å². The maximum absolute atomic E-state index is 13.9. The number of thioether (sulfide) groups is 1. The van der Waals surface area contributed by atoms with Crippen molar-refractivity contribution < 1.29 is 40.8 Å². The summed E-state index contributed by atoms with van der Waals surface area (Å²) in [7, 11) is -4.50. The molecule has 1 saturated heterocycles. The van der Waals surface area contributed by atoms with Crippen molar-refractivity contribution in [2.24, 2.45) is 0 Å². The van der Waals surface area contributed by atoms with E-state index in [9.17, 15) is 41.3 Å². The van der Waals surface area contributed by atoms with E-state index < -0.39 is 49.1 Å². The van der Waals surface area contributed by atoms with E-state index in [0.29, 0.717) is 49.0 Å². The molecule has 2 amide bonds. The smallest absolute Gasteiger partial charge is 0.416 e. The standard InChI is InChI=1S/C43H38F3N5O7S2/c1-2-58-36-8-6-7-30(27-36)11-12-31-25-33(28-34(26-31)43(44,45)46)42(53)50-22-20-49(21-23-50)35-15-13-32(14-16-35)41(52)48-60(56,57)38-17-18-39(40(29-38)51(54)55)47-19-24-59-37-9-4-3-5-10-37/h3-10,13-18,25-29,47H,2,19-24H2,1H3,(H,48,52). The number of nitro groups is 1. The Kier molecular flexibility index (Phi) is 13.7. The van der Waals surface area contributed by atoms with Gasteiger partial charge in [-0.25, -0.2) is 13.1 Å². The number of piperazine rings is 1. The van der Waals surface area contributed by atoms with Crippen LogP contribution in [0.1, 0.15) is 44.3 Å². The summed E-state index contributed by atoms with van der Waals surface area (Å²) in [6.45, 7) is 3.66. The number of alkyl halides is 3. The predicted octanol–water partition coefficient (Wildman–Crippen LogP) is 7.70. The third kappa shape index (κ3) is 11.2. The summed E-state index contributed by atoms with van der Waals surface area (Å²) in [5, 5.41) is 14.8. The van der Waals surface area contributed by atoms with Crippen LogP contribution in [0.4, 0.5) is 30.2 Å². The highest BCUT2D eigenvalue weighted by atomic mass is 32.2. The van der Waals surface area contributed by atoms with Gasteiger partial charge in [0.1, 0.15) is 11.4 Å². The van der Waals surface area contributed by atoms with Gasteiger partial charge in [-0.3, -0.25) is 19.7 Å². The Balaban J connectivity index is 1.06. The lowest BCUT2D eigenvalue weighted by molar-refractivity contribution is -0.384. The van der Waals surface area contributed by atoms with E-state index >= 15 is 0 Å². The maximum atomic E-state index is 13.9. The molecule has 1 aliphatic heterocycles. The van der Waals surface area contributed by atoms with Crippen LogP contribution in [-0.4, -0.2) is 75.1 Å². The van der Waals surface area contributed by atoms with Crippen molar-refractivity contribution in [3.05, 3.63) is 153 Å². The highest BCUT2D eigenvalue weighted by Gasteiger charge is 2.33. The van der Waals surface area contributed by atoms with Crippen molar-refractivity contribution in [2.75, 3.05) is 55.3 Å². The van der Waals surface area contributed by atoms with Crippen LogP contribution in [0.25, 0.3) is 0 Å². The summed E-state index contributed by atoms with van der Waals surface area (Å²) in [6.07, 6.45) is -4.71. The van der Waals surface area contributed by atoms with Crippen LogP contribution in [0.2, 0.25) is 0 Å². The molecule has 5 aromatic carbocycles. The first kappa shape index (κ1) is 43.1. The second kappa shape index (κ2) is 19.0. The second-order valence-electron chi connectivity index (χ2n) is 13.3. The summed E-state index contributed by atoms with van der Waals surface area (Å²) in [6, 6.07) is 28.9. The molecule has 310 valence electrons. The van der Waals surface area contributed by atoms with Crippen LogP contribution in [0.5, 0.6) is 5.75 Å². The fourth-order valence-corrected chi connectivity index (χ4v) is 8.01. The average molecular weight is 858 g/mol. The van der Waals surface area contributed by atoms with Crippen molar-refractivity contribution in [2.45, 2.75) is 22.9 Å². The van der Waals surface area contributed by atoms with Gasteiger partial charge in [0.15, 0.2) is 0 Å². The largest absolute Gasteiger partial charge is 0.494 e. The monoisotopic (exact) mass is 857 g/mol. The number of amides is 2. The fraction of sp³-hybridized carbons (Fsp3) is 0.209. The van der Waals surface area contributed by atoms with Gasteiger partial charge in [0.25, 0.3) is 27.5 Å². The number of carbonyl (C=O) groups excluding carboxylic acids is 2. The molecule has 0 bridgehead atoms. The number of carbonyl (C=O) groups is 2. The first-order valence-corrected chi connectivity index (χ1v) is 21.1. The highest BCUT2D eigenvalue weighted by Crippen LogP contribution is 2.32. The van der Waals surface area contributed by atoms with Crippen molar-refractivity contribution in [1.29, 1.82) is 0 Å². The number of halogens is 3. The molecule has 0 radical (unpaired) electrons. The van der Waals surface area contributed by atoms with Gasteiger partial charge in [-0.2, -0.15) is 13.2 Å². The molecule has 1 aliphatic rings. The summed E-state index contributed by atoms with van der Waals surface area (Å²) < 4.78 is 75.4. The maximum Gasteiger partial charge on any atom is 0.416 e. The minimum absolute atomic E-state index is 0.00490. The summed E-state index contributed by atoms with van der Waals surface area (Å²) in [4.78, 5) is 41.6. The quantitative estimate of drug-likeness (QED) is 0.0397. The third-order valence-electron chi connectivity index (χ3n) is 9.20. The molecule has 0 saturated carbocycles. The van der Waals surface area contributed by atoms with Crippen LogP contribution < -0.4 is 19.7 Å². The topological polar surface area (TPSA) is 151 Å². The number of anilines is 2. The van der Waals surface area contributed by atoms with Crippen LogP contribution in [0.3, 0.4) is 0 Å². The number of ether oxygens (including phenoxy) is 1. The van der Waals surface area contributed by atoms with Crippen molar-refractivity contribution >= 4 is 50.7 Å². The van der Waals surface area contributed by atoms with Gasteiger partial charge in [-0.05, 0) is 91.9 Å². The van der Waals surface area contributed by atoms with Crippen LogP contribution >= 0.6 is 11.8 Å². The number of hydrogen-bond acceptors (Lipinski definition) is 10. The number of nitrogens with one attached hydrogen (secondary N) is 2. The number of hydrogen-bond donors (Lipinski definition) is 2. The molecule has 6 rings (SSSR count). The van der Waals surface area contributed by atoms with Gasteiger partial charge in [0, 0.05) is 77.4 Å². The third-order valence-corrected chi connectivity index (χ3v) is 11.5. The molecule has 0 atom stereocenters. The molecule has 1 fully saturated rings. The molecule has 12 nitrogen and oxygen atoms in total. The van der Waals surface area contributed by atoms with E-state index in [0.717, 1.165) is 23.1 Å². The summed E-state index contributed by atoms with van der Waals surface area (Å²) >= 11 is 1.55. The number of sulfonamides is 1. The fourth-order valence-electron chi connectivity index (χ4n) is 6.23. The number of nitrogens with zero attached hydrogens (tertiary/aromatic N) is 3. The highest BCUT2D eigenvalue weighted by molar-refractivity contribution is 7.99. The minimum Gasteiger partial charge on any atom is -0.494 e. The Morgan fingerprint density at radius 1 is 0.850 bits per heavy atom. The van der Waals surface area contributed by atoms with Gasteiger partial charge in [-0.15, -0.1) is 11.8 Å². The predicted molar refractivity (Wildman–Crippen MR) is 223 cm³/mol. The Morgan fingerprint density at radius 2 is 1.57 bits per heavy atom. The Labute approximate surface area is 348 Å². The van der Waals surface area contributed by atoms with E-state index in [2.05, 4.69) is 17.2 Å². The summed E-state index contributed by atoms with van der Waals surface area (Å²) in [5.74, 6) is 5.23. The Morgan fingerprint density at radius 3 is 2.25 bits per heavy atom. The van der Waals surface area contributed by atoms with Gasteiger partial charge >= 0.3 is 6.18 Å². The molecular formula is C43H38F3N5O7S2. The molecule has 1 heterocycles. The SMILES string of the molecule is CCOc1cccc(C#Cc2cc(C(=O)N3CCN(c4ccc(C(=O)NS(=O)(=O)c5ccc(NCCSc6ccccc6)c([N+](=O)[O-])c5)cc4)CC3)cc(C(F)(F)F)c2)c1. The van der Waals surface area contributed by atoms with E-state index in [4.69, 9.17) is 4.74 Å². The van der Waals surface area contributed by atoms with E-state index in [1.807, 2.05) is 46.9 Å². The zero-order chi connectivity index (χ0) is 42.9. The van der Waals surface area contributed by atoms with E-state index in [1.165, 1.54) is 35.2 Å². The van der Waals surface area contributed by atoms with E-state index in [1.54, 1.807) is 48.2 Å². The van der Waals surface area contributed by atoms with Gasteiger partial charge < -0.3 is 19.9 Å². The first-order chi connectivity index (χ1) is 28.7. The van der Waals surface area contributed by atoms with Gasteiger partial charge in [-0.1, -0.05) is 36.1 Å². The molecule has 17 heteroatoms. The normalized spacial score (nSPS) is 12.9. The number of benzene rings is 5. The molecule has 0 aromatic heterocycles. The lowest BCUT2D eigenvalue weighted by atomic mass is 10.0. The molecular weight excluding hydrogens is 820 g/mol. The Hall–Kier alpha value is -6.51. The molecule has 0 aliphatic carbocycles. The summed E-state index contributed by atoms with van der Waals surface area (Å²) in [5.41, 5.74) is -0.245. The van der Waals surface area contributed by atoms with Gasteiger partial charge in [0.05, 0.1) is 22.0 Å². The lowest BCUT2D eigenvalue weighted by Crippen LogP contribution is -2.48. The number of nitro benzene ring substituents is 1. The van der Waals surface area contributed by atoms with Crippen molar-refractivity contribution in [1.82, 2.24) is 9.62 Å². The van der Waals surface area contributed by atoms with Crippen molar-refractivity contribution in [3.8, 4) is 17.6 Å². The molecule has 60 heavy (non-hydrogen) atoms. The van der Waals surface area contributed by atoms with Crippen LogP contribution in [0.15, 0.2) is 125 Å². The van der Waals surface area contributed by atoms with Crippen LogP contribution in [0, 0.1) is 22.0 Å².